The molecule has 1 aliphatic rings. The van der Waals surface area contributed by atoms with Crippen molar-refractivity contribution in [2.75, 3.05) is 26.3 Å². The van der Waals surface area contributed by atoms with Gasteiger partial charge in [-0.15, -0.1) is 0 Å². The molecule has 1 fully saturated rings. The van der Waals surface area contributed by atoms with E-state index in [0.717, 1.165) is 0 Å². The first-order chi connectivity index (χ1) is 15.3. The fourth-order valence-electron chi connectivity index (χ4n) is 3.71. The molecule has 0 aromatic heterocycles. The Bertz CT molecular complexity index is 1270. The zero-order chi connectivity index (χ0) is 22.9. The van der Waals surface area contributed by atoms with Crippen LogP contribution in [-0.4, -0.2) is 50.1 Å². The van der Waals surface area contributed by atoms with E-state index in [1.54, 1.807) is 19.1 Å². The van der Waals surface area contributed by atoms with Crippen LogP contribution in [-0.2, 0) is 26.0 Å². The number of halogens is 1. The third-order valence-corrected chi connectivity index (χ3v) is 7.32. The lowest BCUT2D eigenvalue weighted by Crippen LogP contribution is -2.40. The van der Waals surface area contributed by atoms with Crippen LogP contribution in [0.1, 0.15) is 11.1 Å². The molecule has 1 heterocycles. The Hall–Kier alpha value is -3.01. The number of benzene rings is 3. The molecule has 7 nitrogen and oxygen atoms in total. The normalized spacial score (nSPS) is 15.1. The highest BCUT2D eigenvalue weighted by atomic mass is 32.2. The number of sulfonamides is 1. The van der Waals surface area contributed by atoms with Crippen molar-refractivity contribution in [3.05, 3.63) is 65.5 Å². The highest BCUT2D eigenvalue weighted by molar-refractivity contribution is 7.89. The number of carboxylic acids is 1. The van der Waals surface area contributed by atoms with E-state index in [-0.39, 0.29) is 11.3 Å². The number of carbonyl (C=O) groups is 1. The van der Waals surface area contributed by atoms with Gasteiger partial charge in [-0.1, -0.05) is 12.1 Å². The first-order valence-electron chi connectivity index (χ1n) is 10.0. The van der Waals surface area contributed by atoms with Crippen molar-refractivity contribution in [1.29, 1.82) is 0 Å². The summed E-state index contributed by atoms with van der Waals surface area (Å²) in [6.07, 6.45) is -0.202. The number of fused-ring (bicyclic) bond motifs is 1. The van der Waals surface area contributed by atoms with Crippen LogP contribution in [0.4, 0.5) is 4.39 Å². The highest BCUT2D eigenvalue weighted by Crippen LogP contribution is 2.36. The molecule has 0 amide bonds. The smallest absolute Gasteiger partial charge is 0.307 e. The van der Waals surface area contributed by atoms with Gasteiger partial charge in [0.15, 0.2) is 0 Å². The van der Waals surface area contributed by atoms with E-state index in [1.165, 1.54) is 40.7 Å². The van der Waals surface area contributed by atoms with Gasteiger partial charge >= 0.3 is 5.97 Å². The van der Waals surface area contributed by atoms with Gasteiger partial charge in [0.2, 0.25) is 10.0 Å². The van der Waals surface area contributed by atoms with E-state index in [9.17, 15) is 22.7 Å². The van der Waals surface area contributed by atoms with Gasteiger partial charge in [-0.25, -0.2) is 12.8 Å². The predicted molar refractivity (Wildman–Crippen MR) is 116 cm³/mol. The lowest BCUT2D eigenvalue weighted by atomic mass is 9.98. The van der Waals surface area contributed by atoms with Gasteiger partial charge in [-0.3, -0.25) is 4.79 Å². The molecule has 0 saturated carbocycles. The summed E-state index contributed by atoms with van der Waals surface area (Å²) in [4.78, 5) is 11.4. The number of hydrogen-bond acceptors (Lipinski definition) is 5. The van der Waals surface area contributed by atoms with Gasteiger partial charge < -0.3 is 14.6 Å². The zero-order valence-electron chi connectivity index (χ0n) is 17.4. The van der Waals surface area contributed by atoms with E-state index in [0.29, 0.717) is 59.7 Å². The van der Waals surface area contributed by atoms with Gasteiger partial charge in [-0.05, 0) is 59.8 Å². The Labute approximate surface area is 185 Å². The zero-order valence-corrected chi connectivity index (χ0v) is 18.2. The Morgan fingerprint density at radius 1 is 1.12 bits per heavy atom. The van der Waals surface area contributed by atoms with Crippen molar-refractivity contribution in [1.82, 2.24) is 4.31 Å². The summed E-state index contributed by atoms with van der Waals surface area (Å²) in [5.74, 6) is -0.744. The number of ether oxygens (including phenoxy) is 2. The largest absolute Gasteiger partial charge is 0.481 e. The molecule has 0 atom stereocenters. The SMILES string of the molecule is Cc1c(CC(=O)O)cc2ccc(F)cc2c1Oc1ccc(S(=O)(=O)N2CCOCC2)cc1. The van der Waals surface area contributed by atoms with E-state index in [1.807, 2.05) is 0 Å². The Balaban J connectivity index is 1.69. The van der Waals surface area contributed by atoms with Gasteiger partial charge in [0.25, 0.3) is 0 Å². The minimum Gasteiger partial charge on any atom is -0.481 e. The van der Waals surface area contributed by atoms with Crippen LogP contribution in [0.5, 0.6) is 11.5 Å². The molecule has 0 spiro atoms. The number of rotatable bonds is 6. The van der Waals surface area contributed by atoms with E-state index in [2.05, 4.69) is 0 Å². The second-order valence-electron chi connectivity index (χ2n) is 7.52. The summed E-state index contributed by atoms with van der Waals surface area (Å²) in [7, 11) is -3.64. The molecule has 1 saturated heterocycles. The summed E-state index contributed by atoms with van der Waals surface area (Å²) in [5, 5.41) is 10.4. The Morgan fingerprint density at radius 3 is 2.47 bits per heavy atom. The maximum atomic E-state index is 13.9. The van der Waals surface area contributed by atoms with Crippen molar-refractivity contribution < 1.29 is 32.2 Å². The molecular formula is C23H22FNO6S. The molecule has 0 radical (unpaired) electrons. The molecule has 168 valence electrons. The topological polar surface area (TPSA) is 93.1 Å². The van der Waals surface area contributed by atoms with Crippen LogP contribution in [0.25, 0.3) is 10.8 Å². The van der Waals surface area contributed by atoms with E-state index < -0.39 is 21.8 Å². The monoisotopic (exact) mass is 459 g/mol. The van der Waals surface area contributed by atoms with E-state index >= 15 is 0 Å². The average molecular weight is 459 g/mol. The van der Waals surface area contributed by atoms with Crippen molar-refractivity contribution in [2.45, 2.75) is 18.2 Å². The van der Waals surface area contributed by atoms with Crippen LogP contribution in [0.3, 0.4) is 0 Å². The van der Waals surface area contributed by atoms with Crippen molar-refractivity contribution in [2.24, 2.45) is 0 Å². The molecule has 0 bridgehead atoms. The van der Waals surface area contributed by atoms with E-state index in [4.69, 9.17) is 9.47 Å². The van der Waals surface area contributed by atoms with Crippen molar-refractivity contribution in [3.8, 4) is 11.5 Å². The summed E-state index contributed by atoms with van der Waals surface area (Å²) in [6, 6.07) is 11.9. The molecule has 32 heavy (non-hydrogen) atoms. The van der Waals surface area contributed by atoms with Crippen LogP contribution in [0, 0.1) is 12.7 Å². The number of nitrogens with zero attached hydrogens (tertiary/aromatic N) is 1. The molecule has 0 unspecified atom stereocenters. The molecule has 9 heteroatoms. The predicted octanol–water partition coefficient (Wildman–Crippen LogP) is 3.73. The fourth-order valence-corrected chi connectivity index (χ4v) is 5.11. The summed E-state index contributed by atoms with van der Waals surface area (Å²) < 4.78 is 52.2. The van der Waals surface area contributed by atoms with Crippen LogP contribution in [0.15, 0.2) is 53.4 Å². The quantitative estimate of drug-likeness (QED) is 0.604. The number of aliphatic carboxylic acids is 1. The number of hydrogen-bond donors (Lipinski definition) is 1. The number of morpholine rings is 1. The summed E-state index contributed by atoms with van der Waals surface area (Å²) >= 11 is 0. The van der Waals surface area contributed by atoms with Crippen LogP contribution >= 0.6 is 0 Å². The van der Waals surface area contributed by atoms with Crippen molar-refractivity contribution >= 4 is 26.8 Å². The number of carboxylic acid groups (broad SMARTS) is 1. The fraction of sp³-hybridized carbons (Fsp3) is 0.261. The summed E-state index contributed by atoms with van der Waals surface area (Å²) in [5.41, 5.74) is 1.13. The Morgan fingerprint density at radius 2 is 1.81 bits per heavy atom. The van der Waals surface area contributed by atoms with Gasteiger partial charge in [0.05, 0.1) is 24.5 Å². The lowest BCUT2D eigenvalue weighted by molar-refractivity contribution is -0.136. The van der Waals surface area contributed by atoms with Crippen LogP contribution < -0.4 is 4.74 Å². The van der Waals surface area contributed by atoms with Gasteiger partial charge in [-0.2, -0.15) is 4.31 Å². The molecule has 0 aliphatic carbocycles. The molecular weight excluding hydrogens is 437 g/mol. The third-order valence-electron chi connectivity index (χ3n) is 5.41. The standard InChI is InChI=1S/C23H22FNO6S/c1-15-17(13-22(26)27)12-16-2-3-18(24)14-21(16)23(15)31-19-4-6-20(7-5-19)32(28,29)25-8-10-30-11-9-25/h2-7,12,14H,8-11,13H2,1H3,(H,26,27). The molecule has 1 aliphatic heterocycles. The lowest BCUT2D eigenvalue weighted by Gasteiger charge is -2.26. The second kappa shape index (κ2) is 8.85. The first kappa shape index (κ1) is 22.2. The molecule has 4 rings (SSSR count). The highest BCUT2D eigenvalue weighted by Gasteiger charge is 2.26. The van der Waals surface area contributed by atoms with Crippen molar-refractivity contribution in [3.63, 3.8) is 0 Å². The molecule has 1 N–H and O–H groups in total. The van der Waals surface area contributed by atoms with Gasteiger partial charge in [0, 0.05) is 18.5 Å². The molecule has 3 aromatic carbocycles. The van der Waals surface area contributed by atoms with Crippen LogP contribution in [0.2, 0.25) is 0 Å². The minimum atomic E-state index is -3.64. The average Bonchev–Trinajstić information content (AvgIpc) is 2.77. The maximum absolute atomic E-state index is 13.9. The minimum absolute atomic E-state index is 0.138. The second-order valence-corrected chi connectivity index (χ2v) is 9.45. The first-order valence-corrected chi connectivity index (χ1v) is 11.5. The summed E-state index contributed by atoms with van der Waals surface area (Å²) in [6.45, 7) is 3.03. The third kappa shape index (κ3) is 4.45. The van der Waals surface area contributed by atoms with Gasteiger partial charge in [0.1, 0.15) is 17.3 Å². The Kier molecular flexibility index (Phi) is 6.14. The molecule has 3 aromatic rings. The maximum Gasteiger partial charge on any atom is 0.307 e.